The van der Waals surface area contributed by atoms with Crippen molar-refractivity contribution in [1.29, 1.82) is 0 Å². The number of alkyl halides is 3. The van der Waals surface area contributed by atoms with Crippen molar-refractivity contribution in [3.05, 3.63) is 76.7 Å². The minimum atomic E-state index is -4.43. The van der Waals surface area contributed by atoms with Crippen LogP contribution in [-0.2, 0) is 41.6 Å². The van der Waals surface area contributed by atoms with Gasteiger partial charge in [-0.25, -0.2) is 9.97 Å². The summed E-state index contributed by atoms with van der Waals surface area (Å²) in [7, 11) is 0. The summed E-state index contributed by atoms with van der Waals surface area (Å²) in [4.78, 5) is 37.9. The van der Waals surface area contributed by atoms with Gasteiger partial charge in [-0.3, -0.25) is 9.59 Å². The minimum absolute atomic E-state index is 0.0226. The van der Waals surface area contributed by atoms with E-state index < -0.39 is 11.7 Å². The van der Waals surface area contributed by atoms with Gasteiger partial charge in [-0.1, -0.05) is 30.0 Å². The number of nitrogens with one attached hydrogen (secondary N) is 3. The number of halogens is 3. The highest BCUT2D eigenvalue weighted by atomic mass is 32.2. The van der Waals surface area contributed by atoms with E-state index in [0.29, 0.717) is 42.7 Å². The Kier molecular flexibility index (Phi) is 6.10. The fraction of sp³-hybridized carbons (Fsp3) is 0.259. The molecule has 3 heterocycles. The van der Waals surface area contributed by atoms with Gasteiger partial charge < -0.3 is 15.6 Å². The second-order valence-electron chi connectivity index (χ2n) is 9.48. The maximum absolute atomic E-state index is 13.0. The molecule has 0 spiro atoms. The molecule has 7 nitrogen and oxygen atoms in total. The first-order chi connectivity index (χ1) is 18.2. The molecule has 1 unspecified atom stereocenters. The van der Waals surface area contributed by atoms with Crippen molar-refractivity contribution < 1.29 is 22.8 Å². The molecular weight excluding hydrogens is 515 g/mol. The highest BCUT2D eigenvalue weighted by Gasteiger charge is 2.31. The molecule has 4 aromatic rings. The molecule has 2 aromatic heterocycles. The van der Waals surface area contributed by atoms with Gasteiger partial charge in [0.25, 0.3) is 0 Å². The number of aromatic nitrogens is 3. The zero-order chi connectivity index (χ0) is 26.4. The van der Waals surface area contributed by atoms with Crippen molar-refractivity contribution in [1.82, 2.24) is 20.3 Å². The van der Waals surface area contributed by atoms with Crippen molar-refractivity contribution in [2.24, 2.45) is 5.92 Å². The monoisotopic (exact) mass is 537 g/mol. The number of aromatic amines is 1. The van der Waals surface area contributed by atoms with Crippen LogP contribution in [0.4, 0.5) is 24.7 Å². The maximum atomic E-state index is 13.0. The van der Waals surface area contributed by atoms with Crippen molar-refractivity contribution >= 4 is 45.3 Å². The Morgan fingerprint density at radius 3 is 2.87 bits per heavy atom. The number of rotatable bonds is 5. The minimum Gasteiger partial charge on any atom is -0.352 e. The molecule has 0 saturated carbocycles. The molecule has 2 aliphatic rings. The number of H-pyrrole nitrogens is 1. The van der Waals surface area contributed by atoms with Crippen molar-refractivity contribution in [3.8, 4) is 0 Å². The summed E-state index contributed by atoms with van der Waals surface area (Å²) in [5.74, 6) is 0.0728. The van der Waals surface area contributed by atoms with E-state index in [1.165, 1.54) is 24.2 Å². The number of anilines is 2. The van der Waals surface area contributed by atoms with E-state index >= 15 is 0 Å². The molecule has 0 saturated heterocycles. The lowest BCUT2D eigenvalue weighted by Gasteiger charge is -2.22. The first-order valence-corrected chi connectivity index (χ1v) is 12.9. The number of benzene rings is 2. The molecule has 1 atom stereocenters. The summed E-state index contributed by atoms with van der Waals surface area (Å²) < 4.78 is 39.1. The van der Waals surface area contributed by atoms with Gasteiger partial charge in [0.15, 0.2) is 5.12 Å². The number of thioether (sulfide) groups is 1. The largest absolute Gasteiger partial charge is 0.416 e. The Labute approximate surface area is 219 Å². The number of hydrogen-bond donors (Lipinski definition) is 3. The van der Waals surface area contributed by atoms with Gasteiger partial charge in [-0.05, 0) is 60.2 Å². The predicted molar refractivity (Wildman–Crippen MR) is 137 cm³/mol. The van der Waals surface area contributed by atoms with Gasteiger partial charge in [-0.15, -0.1) is 0 Å². The number of carbonyl (C=O) groups excluding carboxylic acids is 2. The average molecular weight is 538 g/mol. The molecule has 0 fully saturated rings. The molecular formula is C27H22F3N5O2S. The van der Waals surface area contributed by atoms with Crippen LogP contribution in [0, 0.1) is 5.92 Å². The topological polar surface area (TPSA) is 99.8 Å². The lowest BCUT2D eigenvalue weighted by atomic mass is 9.86. The Morgan fingerprint density at radius 2 is 2.03 bits per heavy atom. The van der Waals surface area contributed by atoms with Crippen LogP contribution < -0.4 is 10.6 Å². The van der Waals surface area contributed by atoms with E-state index in [2.05, 4.69) is 25.6 Å². The van der Waals surface area contributed by atoms with E-state index in [1.54, 1.807) is 6.07 Å². The van der Waals surface area contributed by atoms with Crippen molar-refractivity contribution in [2.45, 2.75) is 43.3 Å². The fourth-order valence-electron chi connectivity index (χ4n) is 5.08. The standard InChI is InChI=1S/C27H22F3N5O2S/c28-27(29,30)17-3-1-2-14(8-17)12-31-26(37)16-5-7-20-19(9-16)23-24(32-13-33-25(23)35-20)34-18-6-4-15-10-22(36)38-21(15)11-18/h1-4,6,8,11,13,16H,5,7,9-10,12H2,(H,31,37)(H2,32,33,34,35). The third-order valence-electron chi connectivity index (χ3n) is 6.96. The zero-order valence-electron chi connectivity index (χ0n) is 20.0. The Balaban J connectivity index is 1.20. The summed E-state index contributed by atoms with van der Waals surface area (Å²) in [5.41, 5.74) is 4.09. The van der Waals surface area contributed by atoms with E-state index in [9.17, 15) is 22.8 Å². The zero-order valence-corrected chi connectivity index (χ0v) is 20.8. The molecule has 11 heteroatoms. The normalized spacial score (nSPS) is 16.8. The first kappa shape index (κ1) is 24.5. The summed E-state index contributed by atoms with van der Waals surface area (Å²) in [6, 6.07) is 10.8. The molecule has 0 radical (unpaired) electrons. The van der Waals surface area contributed by atoms with Crippen LogP contribution in [0.15, 0.2) is 53.7 Å². The Hall–Kier alpha value is -3.86. The third kappa shape index (κ3) is 4.73. The highest BCUT2D eigenvalue weighted by Crippen LogP contribution is 2.38. The van der Waals surface area contributed by atoms with Gasteiger partial charge >= 0.3 is 6.18 Å². The smallest absolute Gasteiger partial charge is 0.352 e. The average Bonchev–Trinajstić information content (AvgIpc) is 3.46. The molecule has 3 N–H and O–H groups in total. The molecule has 6 rings (SSSR count). The molecule has 1 aliphatic heterocycles. The molecule has 1 aliphatic carbocycles. The molecule has 194 valence electrons. The number of hydrogen-bond acceptors (Lipinski definition) is 6. The Bertz CT molecular complexity index is 1580. The number of fused-ring (bicyclic) bond motifs is 4. The molecule has 2 aromatic carbocycles. The second kappa shape index (κ2) is 9.46. The maximum Gasteiger partial charge on any atom is 0.416 e. The SMILES string of the molecule is O=C1Cc2ccc(Nc3ncnc4[nH]c5c(c34)CC(C(=O)NCc3cccc(C(F)(F)F)c3)CC5)cc2S1. The van der Waals surface area contributed by atoms with Gasteiger partial charge in [0.1, 0.15) is 17.8 Å². The summed E-state index contributed by atoms with van der Waals surface area (Å²) in [6.45, 7) is 0.0226. The van der Waals surface area contributed by atoms with Gasteiger partial charge in [0.05, 0.1) is 10.9 Å². The molecule has 38 heavy (non-hydrogen) atoms. The molecule has 1 amide bonds. The van der Waals surface area contributed by atoms with E-state index in [0.717, 1.165) is 44.9 Å². The highest BCUT2D eigenvalue weighted by molar-refractivity contribution is 8.14. The van der Waals surface area contributed by atoms with Crippen molar-refractivity contribution in [3.63, 3.8) is 0 Å². The summed E-state index contributed by atoms with van der Waals surface area (Å²) in [5, 5.41) is 7.09. The summed E-state index contributed by atoms with van der Waals surface area (Å²) >= 11 is 1.23. The first-order valence-electron chi connectivity index (χ1n) is 12.1. The Morgan fingerprint density at radius 1 is 1.16 bits per heavy atom. The predicted octanol–water partition coefficient (Wildman–Crippen LogP) is 5.32. The lowest BCUT2D eigenvalue weighted by molar-refractivity contribution is -0.137. The van der Waals surface area contributed by atoms with Gasteiger partial charge in [0, 0.05) is 35.2 Å². The second-order valence-corrected chi connectivity index (χ2v) is 10.6. The van der Waals surface area contributed by atoms with Crippen LogP contribution in [-0.4, -0.2) is 26.0 Å². The van der Waals surface area contributed by atoms with Crippen LogP contribution in [0.25, 0.3) is 11.0 Å². The third-order valence-corrected chi connectivity index (χ3v) is 7.93. The van der Waals surface area contributed by atoms with Gasteiger partial charge in [-0.2, -0.15) is 13.2 Å². The van der Waals surface area contributed by atoms with Crippen molar-refractivity contribution in [2.75, 3.05) is 5.32 Å². The number of aryl methyl sites for hydroxylation is 1. The van der Waals surface area contributed by atoms with Crippen LogP contribution in [0.3, 0.4) is 0 Å². The van der Waals surface area contributed by atoms with E-state index in [-0.39, 0.29) is 23.5 Å². The fourth-order valence-corrected chi connectivity index (χ4v) is 6.01. The van der Waals surface area contributed by atoms with Crippen LogP contribution in [0.1, 0.15) is 34.4 Å². The van der Waals surface area contributed by atoms with Crippen LogP contribution in [0.5, 0.6) is 0 Å². The van der Waals surface area contributed by atoms with E-state index in [1.807, 2.05) is 18.2 Å². The molecule has 0 bridgehead atoms. The van der Waals surface area contributed by atoms with E-state index in [4.69, 9.17) is 0 Å². The summed E-state index contributed by atoms with van der Waals surface area (Å²) in [6.07, 6.45) is -0.817. The number of amides is 1. The number of nitrogens with zero attached hydrogens (tertiary/aromatic N) is 2. The van der Waals surface area contributed by atoms with Crippen LogP contribution in [0.2, 0.25) is 0 Å². The lowest BCUT2D eigenvalue weighted by Crippen LogP contribution is -2.33. The number of carbonyl (C=O) groups is 2. The van der Waals surface area contributed by atoms with Crippen LogP contribution >= 0.6 is 11.8 Å². The van der Waals surface area contributed by atoms with Gasteiger partial charge in [0.2, 0.25) is 5.91 Å². The quantitative estimate of drug-likeness (QED) is 0.319.